The van der Waals surface area contributed by atoms with Crippen molar-refractivity contribution in [3.8, 4) is 5.75 Å². The summed E-state index contributed by atoms with van der Waals surface area (Å²) >= 11 is 0. The highest BCUT2D eigenvalue weighted by Gasteiger charge is 2.27. The predicted molar refractivity (Wildman–Crippen MR) is 68.2 cm³/mol. The van der Waals surface area contributed by atoms with E-state index in [0.29, 0.717) is 6.61 Å². The Balaban J connectivity index is 1.95. The first kappa shape index (κ1) is 13.3. The topological polar surface area (TPSA) is 30.5 Å². The lowest BCUT2D eigenvalue weighted by Gasteiger charge is -2.34. The molecule has 1 aliphatic rings. The van der Waals surface area contributed by atoms with Gasteiger partial charge in [0.15, 0.2) is 11.6 Å². The van der Waals surface area contributed by atoms with Crippen LogP contribution < -0.4 is 10.1 Å². The Hall–Kier alpha value is -1.13. The van der Waals surface area contributed by atoms with Crippen LogP contribution in [-0.2, 0) is 11.3 Å². The van der Waals surface area contributed by atoms with E-state index in [4.69, 9.17) is 9.47 Å². The quantitative estimate of drug-likeness (QED) is 0.894. The Labute approximate surface area is 107 Å². The summed E-state index contributed by atoms with van der Waals surface area (Å²) in [6.45, 7) is 4.43. The molecular weight excluding hydrogens is 233 g/mol. The third-order valence-electron chi connectivity index (χ3n) is 3.36. The number of halogens is 1. The van der Waals surface area contributed by atoms with E-state index in [1.54, 1.807) is 6.07 Å². The Morgan fingerprint density at radius 1 is 1.44 bits per heavy atom. The summed E-state index contributed by atoms with van der Waals surface area (Å²) in [5, 5.41) is 3.32. The molecule has 2 rings (SSSR count). The van der Waals surface area contributed by atoms with Gasteiger partial charge in [0.2, 0.25) is 0 Å². The van der Waals surface area contributed by atoms with Gasteiger partial charge in [0, 0.05) is 6.54 Å². The van der Waals surface area contributed by atoms with Gasteiger partial charge in [0.05, 0.1) is 19.3 Å². The van der Waals surface area contributed by atoms with Gasteiger partial charge in [0.25, 0.3) is 0 Å². The summed E-state index contributed by atoms with van der Waals surface area (Å²) < 4.78 is 24.3. The maximum Gasteiger partial charge on any atom is 0.165 e. The molecule has 1 fully saturated rings. The number of hydrogen-bond donors (Lipinski definition) is 1. The molecule has 4 heteroatoms. The van der Waals surface area contributed by atoms with Crippen LogP contribution >= 0.6 is 0 Å². The van der Waals surface area contributed by atoms with E-state index < -0.39 is 0 Å². The second-order valence-electron chi connectivity index (χ2n) is 4.99. The molecule has 1 aromatic carbocycles. The molecule has 1 N–H and O–H groups in total. The van der Waals surface area contributed by atoms with E-state index in [0.717, 1.165) is 31.5 Å². The normalized spacial score (nSPS) is 23.9. The van der Waals surface area contributed by atoms with Gasteiger partial charge in [-0.3, -0.25) is 0 Å². The molecule has 0 amide bonds. The third-order valence-corrected chi connectivity index (χ3v) is 3.36. The molecule has 1 aliphatic heterocycles. The maximum atomic E-state index is 13.5. The van der Waals surface area contributed by atoms with Crippen molar-refractivity contribution >= 4 is 0 Å². The van der Waals surface area contributed by atoms with Crippen molar-refractivity contribution in [1.82, 2.24) is 5.32 Å². The van der Waals surface area contributed by atoms with Gasteiger partial charge >= 0.3 is 0 Å². The molecule has 3 nitrogen and oxygen atoms in total. The smallest absolute Gasteiger partial charge is 0.165 e. The molecule has 1 unspecified atom stereocenters. The molecule has 0 aliphatic carbocycles. The highest BCUT2D eigenvalue weighted by molar-refractivity contribution is 5.28. The second kappa shape index (κ2) is 5.67. The molecule has 100 valence electrons. The molecule has 1 saturated heterocycles. The first-order valence-electron chi connectivity index (χ1n) is 6.30. The van der Waals surface area contributed by atoms with Crippen LogP contribution in [0.25, 0.3) is 0 Å². The zero-order valence-electron chi connectivity index (χ0n) is 11.0. The summed E-state index contributed by atoms with van der Waals surface area (Å²) in [6, 6.07) is 4.94. The van der Waals surface area contributed by atoms with E-state index in [2.05, 4.69) is 12.2 Å². The standard InChI is InChI=1S/C14H20FNO2/c1-14(6-3-7-16-10-14)18-9-11-4-5-13(17-2)12(15)8-11/h4-5,8,16H,3,6-7,9-10H2,1-2H3. The Morgan fingerprint density at radius 3 is 2.89 bits per heavy atom. The van der Waals surface area contributed by atoms with E-state index in [-0.39, 0.29) is 17.2 Å². The average Bonchev–Trinajstić information content (AvgIpc) is 2.38. The lowest BCUT2D eigenvalue weighted by atomic mass is 9.96. The van der Waals surface area contributed by atoms with E-state index in [1.807, 2.05) is 6.07 Å². The average molecular weight is 253 g/mol. The van der Waals surface area contributed by atoms with E-state index in [1.165, 1.54) is 13.2 Å². The molecular formula is C14H20FNO2. The Morgan fingerprint density at radius 2 is 2.28 bits per heavy atom. The van der Waals surface area contributed by atoms with Crippen LogP contribution in [0.1, 0.15) is 25.3 Å². The van der Waals surface area contributed by atoms with Crippen molar-refractivity contribution in [3.05, 3.63) is 29.6 Å². The van der Waals surface area contributed by atoms with Crippen LogP contribution in [0.2, 0.25) is 0 Å². The first-order chi connectivity index (χ1) is 8.63. The Kier molecular flexibility index (Phi) is 4.19. The number of piperidine rings is 1. The highest BCUT2D eigenvalue weighted by Crippen LogP contribution is 2.23. The van der Waals surface area contributed by atoms with Gasteiger partial charge < -0.3 is 14.8 Å². The van der Waals surface area contributed by atoms with Crippen molar-refractivity contribution < 1.29 is 13.9 Å². The van der Waals surface area contributed by atoms with Gasteiger partial charge in [-0.1, -0.05) is 6.07 Å². The van der Waals surface area contributed by atoms with Crippen molar-refractivity contribution in [3.63, 3.8) is 0 Å². The van der Waals surface area contributed by atoms with E-state index >= 15 is 0 Å². The number of rotatable bonds is 4. The van der Waals surface area contributed by atoms with Crippen LogP contribution in [0.3, 0.4) is 0 Å². The zero-order chi connectivity index (χ0) is 13.0. The summed E-state index contributed by atoms with van der Waals surface area (Å²) in [6.07, 6.45) is 2.16. The van der Waals surface area contributed by atoms with Gasteiger partial charge in [-0.15, -0.1) is 0 Å². The summed E-state index contributed by atoms with van der Waals surface area (Å²) in [5.74, 6) is -0.0742. The summed E-state index contributed by atoms with van der Waals surface area (Å²) in [7, 11) is 1.46. The fourth-order valence-corrected chi connectivity index (χ4v) is 2.21. The van der Waals surface area contributed by atoms with Gasteiger partial charge in [-0.2, -0.15) is 0 Å². The fourth-order valence-electron chi connectivity index (χ4n) is 2.21. The summed E-state index contributed by atoms with van der Waals surface area (Å²) in [4.78, 5) is 0. The number of ether oxygens (including phenoxy) is 2. The third kappa shape index (κ3) is 3.21. The molecule has 18 heavy (non-hydrogen) atoms. The molecule has 1 atom stereocenters. The molecule has 0 radical (unpaired) electrons. The SMILES string of the molecule is COc1ccc(COC2(C)CCCNC2)cc1F. The lowest BCUT2D eigenvalue weighted by Crippen LogP contribution is -2.45. The lowest BCUT2D eigenvalue weighted by molar-refractivity contribution is -0.0572. The minimum absolute atomic E-state index is 0.144. The van der Waals surface area contributed by atoms with Crippen molar-refractivity contribution in [2.75, 3.05) is 20.2 Å². The van der Waals surface area contributed by atoms with Crippen LogP contribution in [0.4, 0.5) is 4.39 Å². The Bertz CT molecular complexity index is 403. The number of methoxy groups -OCH3 is 1. The molecule has 1 heterocycles. The minimum atomic E-state index is -0.342. The van der Waals surface area contributed by atoms with Gasteiger partial charge in [-0.05, 0) is 44.0 Å². The largest absolute Gasteiger partial charge is 0.494 e. The van der Waals surface area contributed by atoms with Crippen molar-refractivity contribution in [2.45, 2.75) is 32.0 Å². The van der Waals surface area contributed by atoms with Gasteiger partial charge in [-0.25, -0.2) is 4.39 Å². The maximum absolute atomic E-state index is 13.5. The zero-order valence-corrected chi connectivity index (χ0v) is 11.0. The van der Waals surface area contributed by atoms with Crippen LogP contribution in [0, 0.1) is 5.82 Å². The van der Waals surface area contributed by atoms with Crippen LogP contribution in [0.15, 0.2) is 18.2 Å². The summed E-state index contributed by atoms with van der Waals surface area (Å²) in [5.41, 5.74) is 0.689. The number of benzene rings is 1. The fraction of sp³-hybridized carbons (Fsp3) is 0.571. The molecule has 0 bridgehead atoms. The highest BCUT2D eigenvalue weighted by atomic mass is 19.1. The molecule has 0 spiro atoms. The second-order valence-corrected chi connectivity index (χ2v) is 4.99. The molecule has 0 saturated carbocycles. The monoisotopic (exact) mass is 253 g/mol. The van der Waals surface area contributed by atoms with Crippen molar-refractivity contribution in [1.29, 1.82) is 0 Å². The molecule has 0 aromatic heterocycles. The number of hydrogen-bond acceptors (Lipinski definition) is 3. The molecule has 1 aromatic rings. The van der Waals surface area contributed by atoms with Crippen molar-refractivity contribution in [2.24, 2.45) is 0 Å². The number of nitrogens with one attached hydrogen (secondary N) is 1. The van der Waals surface area contributed by atoms with Crippen LogP contribution in [0.5, 0.6) is 5.75 Å². The van der Waals surface area contributed by atoms with E-state index in [9.17, 15) is 4.39 Å². The predicted octanol–water partition coefficient (Wildman–Crippen LogP) is 2.49. The minimum Gasteiger partial charge on any atom is -0.494 e. The first-order valence-corrected chi connectivity index (χ1v) is 6.30. The van der Waals surface area contributed by atoms with Gasteiger partial charge in [0.1, 0.15) is 0 Å². The van der Waals surface area contributed by atoms with Crippen LogP contribution in [-0.4, -0.2) is 25.8 Å².